The molecule has 1 atom stereocenters. The molecule has 0 saturated carbocycles. The summed E-state index contributed by atoms with van der Waals surface area (Å²) in [6, 6.07) is 1.67. The van der Waals surface area contributed by atoms with Gasteiger partial charge in [-0.2, -0.15) is 0 Å². The molecule has 7 heteroatoms. The molecule has 114 valence electrons. The van der Waals surface area contributed by atoms with Crippen LogP contribution in [0.25, 0.3) is 0 Å². The van der Waals surface area contributed by atoms with Crippen molar-refractivity contribution in [3.8, 4) is 0 Å². The van der Waals surface area contributed by atoms with Gasteiger partial charge in [0.05, 0.1) is 5.69 Å². The molecule has 6 nitrogen and oxygen atoms in total. The first-order valence-electron chi connectivity index (χ1n) is 6.67. The van der Waals surface area contributed by atoms with Crippen LogP contribution in [-0.2, 0) is 14.8 Å². The molecule has 0 bridgehead atoms. The number of ether oxygens (including phenoxy) is 1. The standard InChI is InChI=1S/C13H23N3O3S/c1-4-6-15-12-5-7-14-9-13(12)20(17,18)16-8-11(2)10-19-3/h5,7,9,11,16H,4,6,8,10H2,1-3H3,(H,14,15). The first-order chi connectivity index (χ1) is 9.51. The Morgan fingerprint density at radius 1 is 1.45 bits per heavy atom. The van der Waals surface area contributed by atoms with Gasteiger partial charge >= 0.3 is 0 Å². The van der Waals surface area contributed by atoms with E-state index in [0.29, 0.717) is 25.4 Å². The minimum absolute atomic E-state index is 0.110. The van der Waals surface area contributed by atoms with Crippen molar-refractivity contribution in [3.63, 3.8) is 0 Å². The minimum Gasteiger partial charge on any atom is -0.384 e. The lowest BCUT2D eigenvalue weighted by Crippen LogP contribution is -2.30. The smallest absolute Gasteiger partial charge is 0.244 e. The molecule has 1 aromatic rings. The molecule has 0 aromatic carbocycles. The molecule has 0 spiro atoms. The molecule has 0 aliphatic carbocycles. The van der Waals surface area contributed by atoms with E-state index in [-0.39, 0.29) is 10.8 Å². The Morgan fingerprint density at radius 2 is 2.20 bits per heavy atom. The summed E-state index contributed by atoms with van der Waals surface area (Å²) >= 11 is 0. The molecule has 0 fully saturated rings. The fourth-order valence-electron chi connectivity index (χ4n) is 1.67. The second kappa shape index (κ2) is 8.18. The zero-order valence-electron chi connectivity index (χ0n) is 12.2. The summed E-state index contributed by atoms with van der Waals surface area (Å²) in [5.41, 5.74) is 0.578. The van der Waals surface area contributed by atoms with Gasteiger partial charge in [0.25, 0.3) is 0 Å². The fourth-order valence-corrected chi connectivity index (χ4v) is 2.96. The van der Waals surface area contributed by atoms with E-state index in [4.69, 9.17) is 4.74 Å². The van der Waals surface area contributed by atoms with Crippen LogP contribution in [0.2, 0.25) is 0 Å². The number of pyridine rings is 1. The van der Waals surface area contributed by atoms with Gasteiger partial charge in [-0.05, 0) is 18.4 Å². The zero-order valence-corrected chi connectivity index (χ0v) is 13.0. The van der Waals surface area contributed by atoms with Gasteiger partial charge in [0.2, 0.25) is 10.0 Å². The average molecular weight is 301 g/mol. The third-order valence-electron chi connectivity index (χ3n) is 2.71. The maximum atomic E-state index is 12.3. The predicted octanol–water partition coefficient (Wildman–Crippen LogP) is 1.46. The number of hydrogen-bond donors (Lipinski definition) is 2. The number of nitrogens with one attached hydrogen (secondary N) is 2. The second-order valence-corrected chi connectivity index (χ2v) is 6.45. The Bertz CT molecular complexity index is 505. The number of nitrogens with zero attached hydrogens (tertiary/aromatic N) is 1. The zero-order chi connectivity index (χ0) is 15.0. The summed E-state index contributed by atoms with van der Waals surface area (Å²) in [4.78, 5) is 4.08. The summed E-state index contributed by atoms with van der Waals surface area (Å²) < 4.78 is 32.2. The highest BCUT2D eigenvalue weighted by molar-refractivity contribution is 7.89. The number of aromatic nitrogens is 1. The Balaban J connectivity index is 2.81. The summed E-state index contributed by atoms with van der Waals surface area (Å²) in [6.07, 6.45) is 3.85. The minimum atomic E-state index is -3.57. The monoisotopic (exact) mass is 301 g/mol. The van der Waals surface area contributed by atoms with E-state index >= 15 is 0 Å². The van der Waals surface area contributed by atoms with E-state index in [1.807, 2.05) is 13.8 Å². The molecular formula is C13H23N3O3S. The maximum absolute atomic E-state index is 12.3. The highest BCUT2D eigenvalue weighted by atomic mass is 32.2. The molecule has 0 saturated heterocycles. The van der Waals surface area contributed by atoms with Gasteiger partial charge in [-0.3, -0.25) is 4.98 Å². The van der Waals surface area contributed by atoms with Crippen molar-refractivity contribution in [1.82, 2.24) is 9.71 Å². The van der Waals surface area contributed by atoms with Crippen molar-refractivity contribution in [2.45, 2.75) is 25.2 Å². The highest BCUT2D eigenvalue weighted by Gasteiger charge is 2.19. The van der Waals surface area contributed by atoms with Gasteiger partial charge in [0.1, 0.15) is 4.90 Å². The van der Waals surface area contributed by atoms with E-state index in [2.05, 4.69) is 15.0 Å². The quantitative estimate of drug-likeness (QED) is 0.722. The second-order valence-electron chi connectivity index (χ2n) is 4.71. The molecule has 2 N–H and O–H groups in total. The molecule has 1 aromatic heterocycles. The van der Waals surface area contributed by atoms with Crippen LogP contribution in [0, 0.1) is 5.92 Å². The van der Waals surface area contributed by atoms with Crippen LogP contribution in [0.15, 0.2) is 23.4 Å². The van der Waals surface area contributed by atoms with E-state index in [9.17, 15) is 8.42 Å². The third-order valence-corrected chi connectivity index (χ3v) is 4.16. The van der Waals surface area contributed by atoms with Gasteiger partial charge < -0.3 is 10.1 Å². The molecule has 1 unspecified atom stereocenters. The first-order valence-corrected chi connectivity index (χ1v) is 8.16. The van der Waals surface area contributed by atoms with Crippen LogP contribution in [0.1, 0.15) is 20.3 Å². The largest absolute Gasteiger partial charge is 0.384 e. The van der Waals surface area contributed by atoms with Crippen molar-refractivity contribution < 1.29 is 13.2 Å². The van der Waals surface area contributed by atoms with Crippen LogP contribution in [0.3, 0.4) is 0 Å². The van der Waals surface area contributed by atoms with Gasteiger partial charge in [0.15, 0.2) is 0 Å². The van der Waals surface area contributed by atoms with Gasteiger partial charge in [-0.15, -0.1) is 0 Å². The lowest BCUT2D eigenvalue weighted by Gasteiger charge is -2.14. The predicted molar refractivity (Wildman–Crippen MR) is 79.2 cm³/mol. The SMILES string of the molecule is CCCNc1ccncc1S(=O)(=O)NCC(C)COC. The Morgan fingerprint density at radius 3 is 2.85 bits per heavy atom. The molecular weight excluding hydrogens is 278 g/mol. The van der Waals surface area contributed by atoms with Crippen molar-refractivity contribution in [2.75, 3.05) is 32.1 Å². The number of sulfonamides is 1. The van der Waals surface area contributed by atoms with Crippen molar-refractivity contribution in [1.29, 1.82) is 0 Å². The van der Waals surface area contributed by atoms with Crippen molar-refractivity contribution in [3.05, 3.63) is 18.5 Å². The van der Waals surface area contributed by atoms with Crippen LogP contribution < -0.4 is 10.0 Å². The van der Waals surface area contributed by atoms with Gasteiger partial charge in [-0.25, -0.2) is 13.1 Å². The van der Waals surface area contributed by atoms with Gasteiger partial charge in [-0.1, -0.05) is 13.8 Å². The van der Waals surface area contributed by atoms with Crippen LogP contribution in [0.5, 0.6) is 0 Å². The number of anilines is 1. The van der Waals surface area contributed by atoms with Gasteiger partial charge in [0, 0.05) is 39.2 Å². The first kappa shape index (κ1) is 16.9. The van der Waals surface area contributed by atoms with Crippen LogP contribution in [0.4, 0.5) is 5.69 Å². The Labute approximate surface area is 121 Å². The average Bonchev–Trinajstić information content (AvgIpc) is 2.44. The maximum Gasteiger partial charge on any atom is 0.244 e. The van der Waals surface area contributed by atoms with E-state index < -0.39 is 10.0 Å². The fraction of sp³-hybridized carbons (Fsp3) is 0.615. The Kier molecular flexibility index (Phi) is 6.90. The van der Waals surface area contributed by atoms with E-state index in [0.717, 1.165) is 6.42 Å². The molecule has 0 aliphatic heterocycles. The number of hydrogen-bond acceptors (Lipinski definition) is 5. The summed E-state index contributed by atoms with van der Waals surface area (Å²) in [7, 11) is -1.97. The van der Waals surface area contributed by atoms with E-state index in [1.54, 1.807) is 19.4 Å². The number of rotatable bonds is 9. The third kappa shape index (κ3) is 5.07. The molecule has 1 rings (SSSR count). The molecule has 0 radical (unpaired) electrons. The summed E-state index contributed by atoms with van der Waals surface area (Å²) in [6.45, 7) is 5.50. The molecule has 1 heterocycles. The normalized spacial score (nSPS) is 13.2. The molecule has 20 heavy (non-hydrogen) atoms. The van der Waals surface area contributed by atoms with E-state index in [1.165, 1.54) is 6.20 Å². The Hall–Kier alpha value is -1.18. The lowest BCUT2D eigenvalue weighted by atomic mass is 10.2. The van der Waals surface area contributed by atoms with Crippen molar-refractivity contribution >= 4 is 15.7 Å². The highest BCUT2D eigenvalue weighted by Crippen LogP contribution is 2.19. The summed E-state index contributed by atoms with van der Waals surface area (Å²) in [5, 5.41) is 3.10. The topological polar surface area (TPSA) is 80.3 Å². The molecule has 0 aliphatic rings. The molecule has 0 amide bonds. The van der Waals surface area contributed by atoms with Crippen molar-refractivity contribution in [2.24, 2.45) is 5.92 Å². The summed E-state index contributed by atoms with van der Waals surface area (Å²) in [5.74, 6) is 0.110. The van der Waals surface area contributed by atoms with Crippen LogP contribution >= 0.6 is 0 Å². The number of methoxy groups -OCH3 is 1. The lowest BCUT2D eigenvalue weighted by molar-refractivity contribution is 0.161. The van der Waals surface area contributed by atoms with Crippen LogP contribution in [-0.4, -0.2) is 40.2 Å².